The van der Waals surface area contributed by atoms with Gasteiger partial charge >= 0.3 is 11.3 Å². The molecule has 0 saturated heterocycles. The maximum atomic E-state index is 5.99. The first kappa shape index (κ1) is 14.4. The first-order valence-corrected chi connectivity index (χ1v) is 7.74. The molecule has 0 aliphatic carbocycles. The fourth-order valence-electron chi connectivity index (χ4n) is 2.77. The highest BCUT2D eigenvalue weighted by atomic mass is 35.5. The summed E-state index contributed by atoms with van der Waals surface area (Å²) in [7, 11) is 0. The summed E-state index contributed by atoms with van der Waals surface area (Å²) >= 11 is 12.0. The van der Waals surface area contributed by atoms with Gasteiger partial charge in [-0.05, 0) is 46.5 Å². The van der Waals surface area contributed by atoms with Gasteiger partial charge in [0.1, 0.15) is 5.56 Å². The number of benzene rings is 2. The van der Waals surface area contributed by atoms with Gasteiger partial charge < -0.3 is 0 Å². The molecular formula is C17H15Cl2N2+. The fraction of sp³-hybridized carbons (Fsp3) is 0.235. The van der Waals surface area contributed by atoms with E-state index >= 15 is 0 Å². The van der Waals surface area contributed by atoms with Crippen molar-refractivity contribution in [3.63, 3.8) is 0 Å². The van der Waals surface area contributed by atoms with Gasteiger partial charge in [0.05, 0.1) is 11.6 Å². The third-order valence-corrected chi connectivity index (χ3v) is 4.31. The average Bonchev–Trinajstić information content (AvgIpc) is 2.79. The number of aliphatic imine (C=N–C) groups is 2. The summed E-state index contributed by atoms with van der Waals surface area (Å²) in [5, 5.41) is 2.59. The molecule has 2 nitrogen and oxygen atoms in total. The Morgan fingerprint density at radius 3 is 2.67 bits per heavy atom. The molecular weight excluding hydrogens is 303 g/mol. The van der Waals surface area contributed by atoms with Gasteiger partial charge in [-0.3, -0.25) is 0 Å². The van der Waals surface area contributed by atoms with Crippen molar-refractivity contribution >= 4 is 45.0 Å². The van der Waals surface area contributed by atoms with Gasteiger partial charge in [0, 0.05) is 5.39 Å². The number of nitrogens with zero attached hydrogens (tertiary/aromatic N) is 2. The van der Waals surface area contributed by atoms with E-state index in [0.717, 1.165) is 23.8 Å². The van der Waals surface area contributed by atoms with Crippen molar-refractivity contribution < 1.29 is 0 Å². The predicted octanol–water partition coefficient (Wildman–Crippen LogP) is 5.23. The minimum absolute atomic E-state index is 0.264. The number of fused-ring (bicyclic) bond motifs is 1. The van der Waals surface area contributed by atoms with Gasteiger partial charge in [-0.15, -0.1) is 0 Å². The maximum Gasteiger partial charge on any atom is 0.315 e. The predicted molar refractivity (Wildman–Crippen MR) is 91.6 cm³/mol. The van der Waals surface area contributed by atoms with Crippen molar-refractivity contribution in [2.45, 2.75) is 26.7 Å². The van der Waals surface area contributed by atoms with E-state index < -0.39 is 0 Å². The van der Waals surface area contributed by atoms with Crippen LogP contribution in [0.2, 0.25) is 0 Å². The van der Waals surface area contributed by atoms with Crippen molar-refractivity contribution in [1.82, 2.24) is 0 Å². The van der Waals surface area contributed by atoms with E-state index in [9.17, 15) is 0 Å². The highest BCUT2D eigenvalue weighted by Crippen LogP contribution is 2.32. The molecule has 1 heterocycles. The quantitative estimate of drug-likeness (QED) is 0.547. The van der Waals surface area contributed by atoms with Gasteiger partial charge in [0.25, 0.3) is 5.17 Å². The van der Waals surface area contributed by atoms with Crippen LogP contribution in [0, 0.1) is 12.4 Å². The van der Waals surface area contributed by atoms with Crippen LogP contribution >= 0.6 is 23.2 Å². The Kier molecular flexibility index (Phi) is 3.92. The van der Waals surface area contributed by atoms with E-state index in [1.807, 2.05) is 12.1 Å². The number of aryl methyl sites for hydroxylation is 1. The Morgan fingerprint density at radius 2 is 2.00 bits per heavy atom. The third-order valence-electron chi connectivity index (χ3n) is 3.68. The Labute approximate surface area is 134 Å². The Bertz CT molecular complexity index is 763. The second-order valence-electron chi connectivity index (χ2n) is 5.15. The zero-order valence-electron chi connectivity index (χ0n) is 12.0. The Morgan fingerprint density at radius 1 is 1.24 bits per heavy atom. The van der Waals surface area contributed by atoms with Crippen LogP contribution in [0.5, 0.6) is 0 Å². The van der Waals surface area contributed by atoms with Crippen molar-refractivity contribution in [3.05, 3.63) is 52.5 Å². The molecule has 0 spiro atoms. The largest absolute Gasteiger partial charge is 0.315 e. The van der Waals surface area contributed by atoms with E-state index in [4.69, 9.17) is 23.2 Å². The molecule has 0 aromatic heterocycles. The van der Waals surface area contributed by atoms with E-state index in [0.29, 0.717) is 5.84 Å². The molecule has 0 atom stereocenters. The van der Waals surface area contributed by atoms with Crippen molar-refractivity contribution in [3.8, 4) is 0 Å². The topological polar surface area (TPSA) is 24.7 Å². The van der Waals surface area contributed by atoms with Crippen molar-refractivity contribution in [2.75, 3.05) is 0 Å². The van der Waals surface area contributed by atoms with Gasteiger partial charge in [0.15, 0.2) is 0 Å². The fourth-order valence-corrected chi connectivity index (χ4v) is 3.02. The summed E-state index contributed by atoms with van der Waals surface area (Å²) in [5.74, 6) is 0.619. The normalized spacial score (nSPS) is 14.6. The molecule has 0 bridgehead atoms. The van der Waals surface area contributed by atoms with Crippen LogP contribution in [-0.2, 0) is 6.42 Å². The smallest absolute Gasteiger partial charge is 0.0922 e. The third kappa shape index (κ3) is 2.54. The lowest BCUT2D eigenvalue weighted by atomic mass is 9.91. The second kappa shape index (κ2) is 5.70. The lowest BCUT2D eigenvalue weighted by Gasteiger charge is -2.11. The highest BCUT2D eigenvalue weighted by molar-refractivity contribution is 6.76. The van der Waals surface area contributed by atoms with E-state index in [-0.39, 0.29) is 10.7 Å². The zero-order chi connectivity index (χ0) is 15.0. The minimum Gasteiger partial charge on any atom is -0.0922 e. The van der Waals surface area contributed by atoms with E-state index in [2.05, 4.69) is 42.0 Å². The number of hydrogen-bond donors (Lipinski definition) is 0. The molecule has 1 aliphatic rings. The number of halogens is 2. The number of rotatable bonds is 3. The summed E-state index contributed by atoms with van der Waals surface area (Å²) in [6.07, 6.45) is 2.05. The molecule has 2 aromatic carbocycles. The molecule has 106 valence electrons. The average molecular weight is 318 g/mol. The summed E-state index contributed by atoms with van der Waals surface area (Å²) < 4.78 is 0. The van der Waals surface area contributed by atoms with Gasteiger partial charge in [-0.25, -0.2) is 0 Å². The second-order valence-corrected chi connectivity index (χ2v) is 5.86. The van der Waals surface area contributed by atoms with Gasteiger partial charge in [-0.1, -0.05) is 48.7 Å². The summed E-state index contributed by atoms with van der Waals surface area (Å²) in [5.41, 5.74) is 3.85. The van der Waals surface area contributed by atoms with E-state index in [1.54, 1.807) is 0 Å². The van der Waals surface area contributed by atoms with Crippen LogP contribution in [0.4, 0.5) is 0 Å². The molecule has 2 aromatic rings. The standard InChI is InChI=1S/C17H15Cl2N2/c1-3-6-12-10(2)9-11-7-4-5-8-13(11)14(12)17-20-15(18)16(19)21-17/h4-5,7-9H,3,6H2,1-2H3/q+1. The Balaban J connectivity index is 2.33. The summed E-state index contributed by atoms with van der Waals surface area (Å²) in [6.45, 7) is 4.30. The monoisotopic (exact) mass is 317 g/mol. The summed E-state index contributed by atoms with van der Waals surface area (Å²) in [6, 6.07) is 10.5. The molecule has 1 aliphatic heterocycles. The van der Waals surface area contributed by atoms with Gasteiger partial charge in [0.2, 0.25) is 0 Å². The highest BCUT2D eigenvalue weighted by Gasteiger charge is 2.34. The maximum absolute atomic E-state index is 5.99. The number of hydrogen-bond acceptors (Lipinski definition) is 2. The SMILES string of the molecule is CCCc1c(C)cc2ccccc2c1C1=N[C+](Cl)C(Cl)=N1. The first-order valence-electron chi connectivity index (χ1n) is 6.99. The van der Waals surface area contributed by atoms with Crippen molar-refractivity contribution in [1.29, 1.82) is 0 Å². The van der Waals surface area contributed by atoms with Crippen LogP contribution in [0.1, 0.15) is 30.0 Å². The van der Waals surface area contributed by atoms with Crippen LogP contribution in [0.25, 0.3) is 10.8 Å². The molecule has 3 rings (SSSR count). The molecule has 0 radical (unpaired) electrons. The zero-order valence-corrected chi connectivity index (χ0v) is 13.5. The van der Waals surface area contributed by atoms with Crippen LogP contribution < -0.4 is 0 Å². The minimum atomic E-state index is 0.264. The lowest BCUT2D eigenvalue weighted by molar-refractivity contribution is 0.912. The Hall–Kier alpha value is -1.51. The molecule has 21 heavy (non-hydrogen) atoms. The van der Waals surface area contributed by atoms with E-state index in [1.165, 1.54) is 16.5 Å². The van der Waals surface area contributed by atoms with Crippen LogP contribution in [0.3, 0.4) is 0 Å². The molecule has 0 N–H and O–H groups in total. The van der Waals surface area contributed by atoms with Crippen molar-refractivity contribution in [2.24, 2.45) is 9.98 Å². The molecule has 0 amide bonds. The summed E-state index contributed by atoms with van der Waals surface area (Å²) in [4.78, 5) is 8.67. The molecule has 4 heteroatoms. The van der Waals surface area contributed by atoms with Gasteiger partial charge in [-0.2, -0.15) is 0 Å². The molecule has 0 saturated carbocycles. The molecule has 0 fully saturated rings. The molecule has 0 unspecified atom stereocenters. The number of amidine groups is 1. The van der Waals surface area contributed by atoms with Crippen LogP contribution in [-0.4, -0.2) is 11.0 Å². The lowest BCUT2D eigenvalue weighted by Crippen LogP contribution is -2.05. The van der Waals surface area contributed by atoms with Crippen LogP contribution in [0.15, 0.2) is 40.3 Å². The first-order chi connectivity index (χ1) is 10.1.